The first kappa shape index (κ1) is 27.1. The number of nitrogens with one attached hydrogen (secondary N) is 2. The highest BCUT2D eigenvalue weighted by atomic mass is 16.6. The second-order valence-electron chi connectivity index (χ2n) is 12.3. The Labute approximate surface area is 250 Å². The summed E-state index contributed by atoms with van der Waals surface area (Å²) in [4.78, 5) is 28.2. The van der Waals surface area contributed by atoms with Crippen molar-refractivity contribution in [2.45, 2.75) is 46.3 Å². The first-order valence-corrected chi connectivity index (χ1v) is 14.9. The molecule has 3 heterocycles. The molecule has 7 rings (SSSR count). The van der Waals surface area contributed by atoms with Crippen molar-refractivity contribution in [2.24, 2.45) is 13.0 Å². The standard InChI is InChI=1S/C34H36N6O3/c1-19(2)17-40-28-13-10-22(43-34(42)36-15-20-6-8-21(9-7-20)38(3)4)14-24(28)30-25-16-35-33(41)31(25)29-23(32(30)40)11-12-27-26(29)18-39(5)37-27/h6-10,13-14,18-19H,11-12,15-17H2,1-5H3,(H,35,41)(H,36,42). The van der Waals surface area contributed by atoms with E-state index in [0.717, 1.165) is 74.9 Å². The Hall–Kier alpha value is -4.79. The Kier molecular flexibility index (Phi) is 6.41. The molecule has 9 nitrogen and oxygen atoms in total. The van der Waals surface area contributed by atoms with E-state index in [-0.39, 0.29) is 5.91 Å². The summed E-state index contributed by atoms with van der Waals surface area (Å²) in [5.74, 6) is 0.836. The third-order valence-corrected chi connectivity index (χ3v) is 8.56. The van der Waals surface area contributed by atoms with Crippen LogP contribution in [0.15, 0.2) is 48.7 Å². The number of fused-ring (bicyclic) bond motifs is 10. The Bertz CT molecular complexity index is 1930. The molecule has 2 aromatic heterocycles. The van der Waals surface area contributed by atoms with Gasteiger partial charge in [-0.15, -0.1) is 0 Å². The van der Waals surface area contributed by atoms with Crippen LogP contribution in [0.3, 0.4) is 0 Å². The van der Waals surface area contributed by atoms with Gasteiger partial charge < -0.3 is 24.8 Å². The molecule has 220 valence electrons. The Morgan fingerprint density at radius 3 is 2.63 bits per heavy atom. The van der Waals surface area contributed by atoms with Crippen molar-refractivity contribution >= 4 is 39.5 Å². The molecule has 1 aliphatic heterocycles. The van der Waals surface area contributed by atoms with E-state index in [1.807, 2.05) is 79.4 Å². The van der Waals surface area contributed by atoms with E-state index in [1.165, 1.54) is 11.1 Å². The Balaban J connectivity index is 1.31. The monoisotopic (exact) mass is 576 g/mol. The molecule has 0 bridgehead atoms. The van der Waals surface area contributed by atoms with Crippen LogP contribution in [-0.4, -0.2) is 40.4 Å². The van der Waals surface area contributed by atoms with Crippen LogP contribution in [0.2, 0.25) is 0 Å². The fraction of sp³-hybridized carbons (Fsp3) is 0.324. The van der Waals surface area contributed by atoms with E-state index < -0.39 is 6.09 Å². The molecule has 5 aromatic rings. The lowest BCUT2D eigenvalue weighted by Crippen LogP contribution is -2.26. The molecule has 2 amide bonds. The molecule has 3 aromatic carbocycles. The van der Waals surface area contributed by atoms with Crippen LogP contribution in [-0.2, 0) is 39.5 Å². The number of aromatic nitrogens is 3. The van der Waals surface area contributed by atoms with Gasteiger partial charge in [0.05, 0.1) is 16.8 Å². The fourth-order valence-electron chi connectivity index (χ4n) is 6.74. The molecule has 2 N–H and O–H groups in total. The van der Waals surface area contributed by atoms with Gasteiger partial charge in [0.2, 0.25) is 0 Å². The maximum absolute atomic E-state index is 13.3. The number of anilines is 1. The molecule has 0 atom stereocenters. The molecule has 0 saturated carbocycles. The smallest absolute Gasteiger partial charge is 0.410 e. The lowest BCUT2D eigenvalue weighted by atomic mass is 9.82. The number of aryl methyl sites for hydroxylation is 3. The van der Waals surface area contributed by atoms with Crippen molar-refractivity contribution in [1.82, 2.24) is 25.0 Å². The highest BCUT2D eigenvalue weighted by Gasteiger charge is 2.35. The van der Waals surface area contributed by atoms with E-state index in [1.54, 1.807) is 0 Å². The molecule has 0 saturated heterocycles. The number of rotatable bonds is 6. The van der Waals surface area contributed by atoms with Gasteiger partial charge in [0.25, 0.3) is 5.91 Å². The van der Waals surface area contributed by atoms with Gasteiger partial charge in [-0.25, -0.2) is 4.79 Å². The zero-order valence-electron chi connectivity index (χ0n) is 25.2. The van der Waals surface area contributed by atoms with Crippen molar-refractivity contribution < 1.29 is 14.3 Å². The molecule has 1 aliphatic carbocycles. The van der Waals surface area contributed by atoms with Crippen molar-refractivity contribution in [3.05, 3.63) is 76.6 Å². The van der Waals surface area contributed by atoms with Gasteiger partial charge >= 0.3 is 6.09 Å². The average molecular weight is 577 g/mol. The second-order valence-corrected chi connectivity index (χ2v) is 12.3. The van der Waals surface area contributed by atoms with Crippen LogP contribution in [0.4, 0.5) is 10.5 Å². The van der Waals surface area contributed by atoms with E-state index in [4.69, 9.17) is 9.84 Å². The first-order chi connectivity index (χ1) is 20.7. The summed E-state index contributed by atoms with van der Waals surface area (Å²) in [6.07, 6.45) is 3.17. The van der Waals surface area contributed by atoms with Gasteiger partial charge in [0.1, 0.15) is 5.75 Å². The number of carbonyl (C=O) groups excluding carboxylic acids is 2. The van der Waals surface area contributed by atoms with Gasteiger partial charge in [-0.1, -0.05) is 26.0 Å². The minimum Gasteiger partial charge on any atom is -0.410 e. The van der Waals surface area contributed by atoms with Gasteiger partial charge in [-0.05, 0) is 65.8 Å². The molecule has 0 radical (unpaired) electrons. The van der Waals surface area contributed by atoms with Gasteiger partial charge in [0.15, 0.2) is 0 Å². The summed E-state index contributed by atoms with van der Waals surface area (Å²) >= 11 is 0. The SMILES string of the molecule is CC(C)Cn1c2ccc(OC(=O)NCc3ccc(N(C)C)cc3)cc2c2c3c(c4c(c21)CCc1nn(C)cc1-4)C(=O)NC3. The Morgan fingerprint density at radius 1 is 1.09 bits per heavy atom. The summed E-state index contributed by atoms with van der Waals surface area (Å²) < 4.78 is 10.0. The fourth-order valence-corrected chi connectivity index (χ4v) is 6.74. The summed E-state index contributed by atoms with van der Waals surface area (Å²) in [6.45, 7) is 6.11. The second kappa shape index (κ2) is 10.2. The van der Waals surface area contributed by atoms with Crippen LogP contribution < -0.4 is 20.3 Å². The van der Waals surface area contributed by atoms with E-state index in [9.17, 15) is 9.59 Å². The number of carbonyl (C=O) groups is 2. The lowest BCUT2D eigenvalue weighted by molar-refractivity contribution is 0.0966. The summed E-state index contributed by atoms with van der Waals surface area (Å²) in [7, 11) is 5.93. The largest absolute Gasteiger partial charge is 0.412 e. The van der Waals surface area contributed by atoms with Gasteiger partial charge in [-0.2, -0.15) is 5.10 Å². The molecule has 9 heteroatoms. The van der Waals surface area contributed by atoms with E-state index in [0.29, 0.717) is 24.8 Å². The van der Waals surface area contributed by atoms with Gasteiger partial charge in [-0.3, -0.25) is 9.48 Å². The lowest BCUT2D eigenvalue weighted by Gasteiger charge is -2.22. The summed E-state index contributed by atoms with van der Waals surface area (Å²) in [5, 5.41) is 12.7. The molecular weight excluding hydrogens is 540 g/mol. The maximum Gasteiger partial charge on any atom is 0.412 e. The average Bonchev–Trinajstić information content (AvgIpc) is 3.64. The van der Waals surface area contributed by atoms with Crippen LogP contribution in [0.1, 0.15) is 46.6 Å². The maximum atomic E-state index is 13.3. The molecular formula is C34H36N6O3. The van der Waals surface area contributed by atoms with Crippen molar-refractivity contribution in [3.8, 4) is 16.9 Å². The summed E-state index contributed by atoms with van der Waals surface area (Å²) in [6, 6.07) is 13.9. The third-order valence-electron chi connectivity index (χ3n) is 8.56. The molecule has 43 heavy (non-hydrogen) atoms. The molecule has 0 spiro atoms. The quantitative estimate of drug-likeness (QED) is 0.277. The molecule has 2 aliphatic rings. The zero-order valence-corrected chi connectivity index (χ0v) is 25.2. The minimum absolute atomic E-state index is 0.0417. The van der Waals surface area contributed by atoms with Crippen molar-refractivity contribution in [2.75, 3.05) is 19.0 Å². The van der Waals surface area contributed by atoms with Gasteiger partial charge in [0, 0.05) is 80.1 Å². The van der Waals surface area contributed by atoms with Crippen molar-refractivity contribution in [1.29, 1.82) is 0 Å². The van der Waals surface area contributed by atoms with Crippen LogP contribution in [0.25, 0.3) is 32.9 Å². The van der Waals surface area contributed by atoms with E-state index >= 15 is 0 Å². The zero-order chi connectivity index (χ0) is 30.0. The highest BCUT2D eigenvalue weighted by Crippen LogP contribution is 2.47. The molecule has 0 fully saturated rings. The number of hydrogen-bond acceptors (Lipinski definition) is 5. The predicted octanol–water partition coefficient (Wildman–Crippen LogP) is 5.55. The highest BCUT2D eigenvalue weighted by molar-refractivity contribution is 6.19. The third kappa shape index (κ3) is 4.50. The van der Waals surface area contributed by atoms with E-state index in [2.05, 4.69) is 29.0 Å². The summed E-state index contributed by atoms with van der Waals surface area (Å²) in [5.41, 5.74) is 10.4. The first-order valence-electron chi connectivity index (χ1n) is 14.9. The number of amides is 2. The Morgan fingerprint density at radius 2 is 1.88 bits per heavy atom. The predicted molar refractivity (Wildman–Crippen MR) is 169 cm³/mol. The minimum atomic E-state index is -0.509. The van der Waals surface area contributed by atoms with Crippen LogP contribution in [0, 0.1) is 5.92 Å². The number of nitrogens with zero attached hydrogens (tertiary/aromatic N) is 4. The van der Waals surface area contributed by atoms with Crippen LogP contribution in [0.5, 0.6) is 5.75 Å². The molecule has 0 unspecified atom stereocenters. The normalized spacial score (nSPS) is 13.7. The number of ether oxygens (including phenoxy) is 1. The number of hydrogen-bond donors (Lipinski definition) is 2. The van der Waals surface area contributed by atoms with Crippen molar-refractivity contribution in [3.63, 3.8) is 0 Å². The number of benzene rings is 3. The van der Waals surface area contributed by atoms with Crippen LogP contribution >= 0.6 is 0 Å². The topological polar surface area (TPSA) is 93.4 Å².